The molecule has 1 aliphatic heterocycles. The van der Waals surface area contributed by atoms with Gasteiger partial charge in [-0.05, 0) is 24.7 Å². The van der Waals surface area contributed by atoms with Gasteiger partial charge >= 0.3 is 6.03 Å². The smallest absolute Gasteiger partial charge is 0.314 e. The van der Waals surface area contributed by atoms with Crippen molar-refractivity contribution >= 4 is 15.9 Å². The highest BCUT2D eigenvalue weighted by atomic mass is 32.2. The molecule has 2 unspecified atom stereocenters. The Morgan fingerprint density at radius 1 is 1.11 bits per heavy atom. The lowest BCUT2D eigenvalue weighted by Gasteiger charge is -2.28. The van der Waals surface area contributed by atoms with Gasteiger partial charge in [0.2, 0.25) is 0 Å². The van der Waals surface area contributed by atoms with Crippen LogP contribution in [-0.4, -0.2) is 39.0 Å². The third-order valence-corrected chi connectivity index (χ3v) is 6.09. The molecule has 0 radical (unpaired) electrons. The first-order valence-corrected chi connectivity index (χ1v) is 8.99. The normalized spacial score (nSPS) is 30.4. The van der Waals surface area contributed by atoms with Gasteiger partial charge in [0.05, 0.1) is 11.5 Å². The van der Waals surface area contributed by atoms with Gasteiger partial charge < -0.3 is 10.6 Å². The lowest BCUT2D eigenvalue weighted by Crippen LogP contribution is -2.47. The third kappa shape index (κ3) is 4.67. The van der Waals surface area contributed by atoms with Crippen LogP contribution in [0.5, 0.6) is 0 Å². The molecule has 2 amide bonds. The van der Waals surface area contributed by atoms with Crippen LogP contribution < -0.4 is 10.6 Å². The summed E-state index contributed by atoms with van der Waals surface area (Å²) in [6, 6.07) is -0.164. The monoisotopic (exact) mass is 288 g/mol. The molecule has 0 aromatic carbocycles. The van der Waals surface area contributed by atoms with E-state index in [2.05, 4.69) is 17.6 Å². The summed E-state index contributed by atoms with van der Waals surface area (Å²) < 4.78 is 22.0. The molecule has 19 heavy (non-hydrogen) atoms. The molecule has 110 valence electrons. The molecule has 1 aliphatic carbocycles. The second kappa shape index (κ2) is 6.11. The predicted octanol–water partition coefficient (Wildman–Crippen LogP) is 1.16. The van der Waals surface area contributed by atoms with Crippen LogP contribution in [0.2, 0.25) is 0 Å². The average molecular weight is 288 g/mol. The van der Waals surface area contributed by atoms with E-state index in [1.165, 1.54) is 25.7 Å². The van der Waals surface area contributed by atoms with Gasteiger partial charge in [0, 0.05) is 19.0 Å². The van der Waals surface area contributed by atoms with Crippen LogP contribution in [0, 0.1) is 17.8 Å². The highest BCUT2D eigenvalue weighted by molar-refractivity contribution is 7.92. The average Bonchev–Trinajstić information content (AvgIpc) is 2.31. The largest absolute Gasteiger partial charge is 0.338 e. The van der Waals surface area contributed by atoms with Crippen LogP contribution in [0.15, 0.2) is 0 Å². The molecule has 2 aliphatic rings. The topological polar surface area (TPSA) is 75.3 Å². The van der Waals surface area contributed by atoms with Crippen molar-refractivity contribution in [1.82, 2.24) is 10.6 Å². The Balaban J connectivity index is 1.57. The fraction of sp³-hybridized carbons (Fsp3) is 0.923. The highest BCUT2D eigenvalue weighted by Gasteiger charge is 2.33. The number of rotatable bonds is 4. The molecule has 2 fully saturated rings. The number of sulfone groups is 1. The molecule has 2 atom stereocenters. The summed E-state index contributed by atoms with van der Waals surface area (Å²) >= 11 is 0. The van der Waals surface area contributed by atoms with Gasteiger partial charge in [-0.1, -0.05) is 19.8 Å². The van der Waals surface area contributed by atoms with Crippen molar-refractivity contribution in [2.45, 2.75) is 32.6 Å². The Morgan fingerprint density at radius 2 is 1.74 bits per heavy atom. The molecule has 2 N–H and O–H groups in total. The maximum Gasteiger partial charge on any atom is 0.314 e. The number of hydrogen-bond donors (Lipinski definition) is 2. The van der Waals surface area contributed by atoms with Crippen LogP contribution in [0.1, 0.15) is 32.6 Å². The molecule has 0 aromatic rings. The van der Waals surface area contributed by atoms with Crippen LogP contribution >= 0.6 is 0 Å². The minimum Gasteiger partial charge on any atom is -0.338 e. The van der Waals surface area contributed by atoms with E-state index in [1.807, 2.05) is 0 Å². The van der Waals surface area contributed by atoms with E-state index < -0.39 is 9.84 Å². The molecule has 6 heteroatoms. The number of carbonyl (C=O) groups excluding carboxylic acids is 1. The van der Waals surface area contributed by atoms with E-state index in [0.717, 1.165) is 12.5 Å². The minimum absolute atomic E-state index is 0.102. The maximum absolute atomic E-state index is 11.6. The number of carbonyl (C=O) groups is 1. The van der Waals surface area contributed by atoms with Gasteiger partial charge in [-0.2, -0.15) is 0 Å². The van der Waals surface area contributed by atoms with Gasteiger partial charge in [-0.15, -0.1) is 0 Å². The fourth-order valence-electron chi connectivity index (χ4n) is 3.07. The molecule has 0 aromatic heterocycles. The number of amides is 2. The SMILES string of the molecule is CC1CCCC(CNC(=O)NCC2CS(=O)(=O)C2)C1. The van der Waals surface area contributed by atoms with E-state index in [4.69, 9.17) is 0 Å². The number of urea groups is 1. The van der Waals surface area contributed by atoms with Gasteiger partial charge in [0.25, 0.3) is 0 Å². The first-order valence-electron chi connectivity index (χ1n) is 7.17. The molecule has 0 spiro atoms. The zero-order valence-corrected chi connectivity index (χ0v) is 12.3. The van der Waals surface area contributed by atoms with Gasteiger partial charge in [0.1, 0.15) is 0 Å². The van der Waals surface area contributed by atoms with E-state index in [0.29, 0.717) is 12.5 Å². The van der Waals surface area contributed by atoms with Crippen molar-refractivity contribution in [3.8, 4) is 0 Å². The summed E-state index contributed by atoms with van der Waals surface area (Å²) in [6.07, 6.45) is 4.96. The zero-order valence-electron chi connectivity index (χ0n) is 11.5. The molecule has 5 nitrogen and oxygen atoms in total. The van der Waals surface area contributed by atoms with E-state index in [9.17, 15) is 13.2 Å². The lowest BCUT2D eigenvalue weighted by molar-refractivity contribution is 0.230. The standard InChI is InChI=1S/C13H24N2O3S/c1-10-3-2-4-11(5-10)6-14-13(16)15-7-12-8-19(17,18)9-12/h10-12H,2-9H2,1H3,(H2,14,15,16). The lowest BCUT2D eigenvalue weighted by atomic mass is 9.82. The predicted molar refractivity (Wildman–Crippen MR) is 74.7 cm³/mol. The molecular weight excluding hydrogens is 264 g/mol. The molecule has 1 saturated heterocycles. The summed E-state index contributed by atoms with van der Waals surface area (Å²) in [5, 5.41) is 5.66. The van der Waals surface area contributed by atoms with Gasteiger partial charge in [-0.3, -0.25) is 0 Å². The Hall–Kier alpha value is -0.780. The van der Waals surface area contributed by atoms with E-state index in [-0.39, 0.29) is 23.5 Å². The third-order valence-electron chi connectivity index (χ3n) is 4.13. The fourth-order valence-corrected chi connectivity index (χ4v) is 4.64. The molecule has 1 heterocycles. The van der Waals surface area contributed by atoms with Crippen LogP contribution in [0.3, 0.4) is 0 Å². The summed E-state index contributed by atoms with van der Waals surface area (Å²) in [4.78, 5) is 11.6. The van der Waals surface area contributed by atoms with E-state index >= 15 is 0 Å². The summed E-state index contributed by atoms with van der Waals surface area (Å²) in [7, 11) is -2.79. The second-order valence-corrected chi connectivity index (χ2v) is 8.33. The van der Waals surface area contributed by atoms with Crippen molar-refractivity contribution in [2.75, 3.05) is 24.6 Å². The van der Waals surface area contributed by atoms with Crippen LogP contribution in [0.25, 0.3) is 0 Å². The van der Waals surface area contributed by atoms with Crippen LogP contribution in [0.4, 0.5) is 4.79 Å². The number of hydrogen-bond acceptors (Lipinski definition) is 3. The maximum atomic E-state index is 11.6. The van der Waals surface area contributed by atoms with E-state index in [1.54, 1.807) is 0 Å². The van der Waals surface area contributed by atoms with Gasteiger partial charge in [-0.25, -0.2) is 13.2 Å². The van der Waals surface area contributed by atoms with Crippen molar-refractivity contribution in [3.63, 3.8) is 0 Å². The summed E-state index contributed by atoms with van der Waals surface area (Å²) in [6.45, 7) is 3.47. The molecule has 1 saturated carbocycles. The molecule has 0 bridgehead atoms. The minimum atomic E-state index is -2.79. The summed E-state index contributed by atoms with van der Waals surface area (Å²) in [5.74, 6) is 1.90. The van der Waals surface area contributed by atoms with Crippen molar-refractivity contribution in [3.05, 3.63) is 0 Å². The second-order valence-electron chi connectivity index (χ2n) is 6.17. The van der Waals surface area contributed by atoms with Crippen molar-refractivity contribution < 1.29 is 13.2 Å². The first kappa shape index (κ1) is 14.6. The first-order chi connectivity index (χ1) is 8.94. The Bertz CT molecular complexity index is 410. The highest BCUT2D eigenvalue weighted by Crippen LogP contribution is 2.27. The Labute approximate surface area is 115 Å². The molecule has 2 rings (SSSR count). The zero-order chi connectivity index (χ0) is 13.9. The molecular formula is C13H24N2O3S. The Morgan fingerprint density at radius 3 is 2.32 bits per heavy atom. The van der Waals surface area contributed by atoms with Crippen molar-refractivity contribution in [2.24, 2.45) is 17.8 Å². The van der Waals surface area contributed by atoms with Crippen molar-refractivity contribution in [1.29, 1.82) is 0 Å². The number of nitrogens with one attached hydrogen (secondary N) is 2. The Kier molecular flexibility index (Phi) is 4.71. The van der Waals surface area contributed by atoms with Crippen LogP contribution in [-0.2, 0) is 9.84 Å². The summed E-state index contributed by atoms with van der Waals surface area (Å²) in [5.41, 5.74) is 0. The quantitative estimate of drug-likeness (QED) is 0.815. The van der Waals surface area contributed by atoms with Gasteiger partial charge in [0.15, 0.2) is 9.84 Å².